The van der Waals surface area contributed by atoms with Crippen LogP contribution in [0, 0.1) is 5.92 Å². The highest BCUT2D eigenvalue weighted by atomic mass is 35.5. The maximum absolute atomic E-state index is 13.1. The highest BCUT2D eigenvalue weighted by Gasteiger charge is 2.27. The number of nitrogens with zero attached hydrogens (tertiary/aromatic N) is 2. The second-order valence-corrected chi connectivity index (χ2v) is 8.56. The standard InChI is InChI=1S/C24H26N4O3S.ClH/c1-2-31-21-7-6-19(28-10-8-18(15-28)22(25)29)13-20(21)23(30)27-14-16-4-3-5-17(12-16)24-26-9-11-32-24;/h3-7,9,11-13,18H,2,8,10,14-15H2,1H3,(H2,25,29)(H,27,30);1H. The number of nitrogens with one attached hydrogen (secondary N) is 1. The number of amides is 2. The minimum absolute atomic E-state index is 0. The average molecular weight is 487 g/mol. The molecule has 1 saturated heterocycles. The van der Waals surface area contributed by atoms with Gasteiger partial charge in [-0.15, -0.1) is 23.7 Å². The number of aromatic nitrogens is 1. The van der Waals surface area contributed by atoms with Crippen LogP contribution in [-0.4, -0.2) is 36.5 Å². The first-order chi connectivity index (χ1) is 15.5. The van der Waals surface area contributed by atoms with Crippen LogP contribution < -0.4 is 20.7 Å². The number of halogens is 1. The fourth-order valence-electron chi connectivity index (χ4n) is 3.86. The average Bonchev–Trinajstić information content (AvgIpc) is 3.51. The van der Waals surface area contributed by atoms with Crippen LogP contribution >= 0.6 is 23.7 Å². The van der Waals surface area contributed by atoms with Crippen molar-refractivity contribution < 1.29 is 14.3 Å². The van der Waals surface area contributed by atoms with Crippen molar-refractivity contribution in [2.45, 2.75) is 19.9 Å². The van der Waals surface area contributed by atoms with Crippen LogP contribution in [0.25, 0.3) is 10.6 Å². The van der Waals surface area contributed by atoms with Crippen LogP contribution in [-0.2, 0) is 11.3 Å². The Morgan fingerprint density at radius 3 is 2.82 bits per heavy atom. The minimum atomic E-state index is -0.281. The van der Waals surface area contributed by atoms with Crippen LogP contribution in [0.2, 0.25) is 0 Å². The first-order valence-corrected chi connectivity index (χ1v) is 11.5. The van der Waals surface area contributed by atoms with Crippen molar-refractivity contribution >= 4 is 41.2 Å². The summed E-state index contributed by atoms with van der Waals surface area (Å²) in [5.74, 6) is -0.114. The number of hydrogen-bond acceptors (Lipinski definition) is 6. The number of carbonyl (C=O) groups is 2. The van der Waals surface area contributed by atoms with Crippen molar-refractivity contribution in [1.82, 2.24) is 10.3 Å². The number of nitrogens with two attached hydrogens (primary N) is 1. The normalized spacial score (nSPS) is 15.1. The topological polar surface area (TPSA) is 97.5 Å². The number of rotatable bonds is 8. The highest BCUT2D eigenvalue weighted by Crippen LogP contribution is 2.29. The zero-order valence-corrected chi connectivity index (χ0v) is 20.0. The molecule has 2 amide bonds. The molecule has 3 N–H and O–H groups in total. The zero-order valence-electron chi connectivity index (χ0n) is 18.3. The molecular formula is C24H27ClN4O3S. The molecule has 1 atom stereocenters. The number of benzene rings is 2. The molecule has 1 unspecified atom stereocenters. The second kappa shape index (κ2) is 11.2. The molecule has 7 nitrogen and oxygen atoms in total. The maximum Gasteiger partial charge on any atom is 0.255 e. The first kappa shape index (κ1) is 24.5. The molecule has 1 aliphatic rings. The Kier molecular flexibility index (Phi) is 8.30. The van der Waals surface area contributed by atoms with E-state index < -0.39 is 0 Å². The van der Waals surface area contributed by atoms with E-state index in [1.54, 1.807) is 17.5 Å². The number of carbonyl (C=O) groups excluding carboxylic acids is 2. The third kappa shape index (κ3) is 5.83. The minimum Gasteiger partial charge on any atom is -0.493 e. The lowest BCUT2D eigenvalue weighted by Gasteiger charge is -2.20. The van der Waals surface area contributed by atoms with Gasteiger partial charge >= 0.3 is 0 Å². The van der Waals surface area contributed by atoms with E-state index in [1.165, 1.54) is 0 Å². The van der Waals surface area contributed by atoms with Crippen molar-refractivity contribution in [3.63, 3.8) is 0 Å². The third-order valence-corrected chi connectivity index (χ3v) is 6.34. The van der Waals surface area contributed by atoms with Crippen molar-refractivity contribution in [2.24, 2.45) is 11.7 Å². The van der Waals surface area contributed by atoms with Gasteiger partial charge in [-0.1, -0.05) is 18.2 Å². The Labute approximate surface area is 203 Å². The molecule has 33 heavy (non-hydrogen) atoms. The van der Waals surface area contributed by atoms with E-state index in [-0.39, 0.29) is 30.1 Å². The summed E-state index contributed by atoms with van der Waals surface area (Å²) in [5, 5.41) is 5.89. The maximum atomic E-state index is 13.1. The van der Waals surface area contributed by atoms with Gasteiger partial charge in [-0.05, 0) is 43.2 Å². The van der Waals surface area contributed by atoms with E-state index in [0.717, 1.165) is 34.8 Å². The number of hydrogen-bond donors (Lipinski definition) is 2. The summed E-state index contributed by atoms with van der Waals surface area (Å²) >= 11 is 1.58. The monoisotopic (exact) mass is 486 g/mol. The van der Waals surface area contributed by atoms with Crippen molar-refractivity contribution in [2.75, 3.05) is 24.6 Å². The molecule has 174 valence electrons. The smallest absolute Gasteiger partial charge is 0.255 e. The lowest BCUT2D eigenvalue weighted by atomic mass is 10.1. The van der Waals surface area contributed by atoms with Gasteiger partial charge in [0.15, 0.2) is 0 Å². The molecule has 1 aliphatic heterocycles. The van der Waals surface area contributed by atoms with E-state index in [1.807, 2.05) is 54.8 Å². The molecule has 3 aromatic rings. The summed E-state index contributed by atoms with van der Waals surface area (Å²) in [4.78, 5) is 31.0. The van der Waals surface area contributed by atoms with Crippen LogP contribution in [0.5, 0.6) is 5.75 Å². The van der Waals surface area contributed by atoms with Gasteiger partial charge in [-0.3, -0.25) is 9.59 Å². The molecule has 9 heteroatoms. The van der Waals surface area contributed by atoms with E-state index >= 15 is 0 Å². The molecule has 1 aromatic heterocycles. The molecule has 0 radical (unpaired) electrons. The number of primary amides is 1. The predicted molar refractivity (Wildman–Crippen MR) is 133 cm³/mol. The largest absolute Gasteiger partial charge is 0.493 e. The highest BCUT2D eigenvalue weighted by molar-refractivity contribution is 7.13. The van der Waals surface area contributed by atoms with Crippen LogP contribution in [0.3, 0.4) is 0 Å². The van der Waals surface area contributed by atoms with Crippen LogP contribution in [0.4, 0.5) is 5.69 Å². The Bertz CT molecular complexity index is 1110. The summed E-state index contributed by atoms with van der Waals surface area (Å²) in [6.07, 6.45) is 2.50. The molecule has 0 saturated carbocycles. The second-order valence-electron chi connectivity index (χ2n) is 7.67. The lowest BCUT2D eigenvalue weighted by Crippen LogP contribution is -2.28. The summed E-state index contributed by atoms with van der Waals surface area (Å²) in [7, 11) is 0. The van der Waals surface area contributed by atoms with Gasteiger partial charge in [0, 0.05) is 42.5 Å². The van der Waals surface area contributed by atoms with E-state index in [9.17, 15) is 9.59 Å². The fraction of sp³-hybridized carbons (Fsp3) is 0.292. The summed E-state index contributed by atoms with van der Waals surface area (Å²) in [5.41, 5.74) is 8.84. The fourth-order valence-corrected chi connectivity index (χ4v) is 4.49. The molecule has 2 heterocycles. The molecule has 0 aliphatic carbocycles. The van der Waals surface area contributed by atoms with Gasteiger partial charge in [0.1, 0.15) is 10.8 Å². The van der Waals surface area contributed by atoms with E-state index in [4.69, 9.17) is 10.5 Å². The summed E-state index contributed by atoms with van der Waals surface area (Å²) < 4.78 is 5.69. The van der Waals surface area contributed by atoms with Crippen LogP contribution in [0.1, 0.15) is 29.3 Å². The molecule has 1 fully saturated rings. The van der Waals surface area contributed by atoms with Crippen molar-refractivity contribution in [3.8, 4) is 16.3 Å². The van der Waals surface area contributed by atoms with E-state index in [0.29, 0.717) is 31.0 Å². The quantitative estimate of drug-likeness (QED) is 0.503. The Morgan fingerprint density at radius 1 is 1.27 bits per heavy atom. The van der Waals surface area contributed by atoms with Gasteiger partial charge in [-0.2, -0.15) is 0 Å². The van der Waals surface area contributed by atoms with Crippen LogP contribution in [0.15, 0.2) is 54.0 Å². The molecule has 4 rings (SSSR count). The first-order valence-electron chi connectivity index (χ1n) is 10.6. The van der Waals surface area contributed by atoms with Gasteiger partial charge in [0.25, 0.3) is 5.91 Å². The van der Waals surface area contributed by atoms with Gasteiger partial charge in [0.2, 0.25) is 5.91 Å². The molecule has 2 aromatic carbocycles. The Balaban J connectivity index is 0.00000306. The SMILES string of the molecule is CCOc1ccc(N2CCC(C(N)=O)C2)cc1C(=O)NCc1cccc(-c2nccs2)c1.Cl. The third-order valence-electron chi connectivity index (χ3n) is 5.52. The molecular weight excluding hydrogens is 460 g/mol. The van der Waals surface area contributed by atoms with Gasteiger partial charge in [0.05, 0.1) is 18.1 Å². The lowest BCUT2D eigenvalue weighted by molar-refractivity contribution is -0.121. The Hall–Kier alpha value is -3.10. The van der Waals surface area contributed by atoms with Gasteiger partial charge < -0.3 is 20.7 Å². The molecule has 0 spiro atoms. The number of thiazole rings is 1. The predicted octanol–water partition coefficient (Wildman–Crippen LogP) is 3.87. The number of anilines is 1. The van der Waals surface area contributed by atoms with Gasteiger partial charge in [-0.25, -0.2) is 4.98 Å². The number of ether oxygens (including phenoxy) is 1. The van der Waals surface area contributed by atoms with Crippen molar-refractivity contribution in [1.29, 1.82) is 0 Å². The summed E-state index contributed by atoms with van der Waals surface area (Å²) in [6.45, 7) is 4.03. The summed E-state index contributed by atoms with van der Waals surface area (Å²) in [6, 6.07) is 13.6. The zero-order chi connectivity index (χ0) is 22.5. The molecule has 0 bridgehead atoms. The Morgan fingerprint density at radius 2 is 2.12 bits per heavy atom. The van der Waals surface area contributed by atoms with E-state index in [2.05, 4.69) is 15.2 Å². The van der Waals surface area contributed by atoms with Crippen molar-refractivity contribution in [3.05, 3.63) is 65.2 Å².